The van der Waals surface area contributed by atoms with Crippen molar-refractivity contribution < 1.29 is 9.32 Å². The first-order chi connectivity index (χ1) is 10.0. The molecule has 1 aromatic heterocycles. The van der Waals surface area contributed by atoms with Gasteiger partial charge in [-0.25, -0.2) is 0 Å². The van der Waals surface area contributed by atoms with Gasteiger partial charge in [0.15, 0.2) is 0 Å². The van der Waals surface area contributed by atoms with E-state index in [-0.39, 0.29) is 10.9 Å². The van der Waals surface area contributed by atoms with Crippen LogP contribution in [-0.4, -0.2) is 16.1 Å². The quantitative estimate of drug-likeness (QED) is 0.825. The number of nitrogens with two attached hydrogens (primary N) is 1. The minimum atomic E-state index is -0.637. The Morgan fingerprint density at radius 2 is 2.05 bits per heavy atom. The fourth-order valence-electron chi connectivity index (χ4n) is 2.12. The van der Waals surface area contributed by atoms with Crippen molar-refractivity contribution in [3.8, 4) is 0 Å². The lowest BCUT2D eigenvalue weighted by Gasteiger charge is -2.15. The minimum Gasteiger partial charge on any atom is -0.392 e. The molecule has 0 radical (unpaired) electrons. The Hall–Kier alpha value is -2.21. The Kier molecular flexibility index (Phi) is 4.70. The average Bonchev–Trinajstić information content (AvgIpc) is 2.77. The van der Waals surface area contributed by atoms with Gasteiger partial charge >= 0.3 is 0 Å². The molecule has 0 spiro atoms. The topological polar surface area (TPSA) is 81.2 Å². The molecule has 2 rings (SSSR count). The number of amides is 1. The van der Waals surface area contributed by atoms with Crippen LogP contribution in [0.1, 0.15) is 28.5 Å². The molecule has 5 nitrogen and oxygen atoms in total. The Bertz CT molecular complexity index is 633. The smallest absolute Gasteiger partial charge is 0.234 e. The molecule has 0 aliphatic rings. The summed E-state index contributed by atoms with van der Waals surface area (Å²) >= 11 is 5.03. The fraction of sp³-hybridized carbons (Fsp3) is 0.267. The lowest BCUT2D eigenvalue weighted by Crippen LogP contribution is -2.36. The summed E-state index contributed by atoms with van der Waals surface area (Å²) in [6, 6.07) is 9.24. The summed E-state index contributed by atoms with van der Waals surface area (Å²) in [5.74, 6) is -0.172. The predicted molar refractivity (Wildman–Crippen MR) is 83.8 cm³/mol. The van der Waals surface area contributed by atoms with Crippen molar-refractivity contribution in [3.63, 3.8) is 0 Å². The Morgan fingerprint density at radius 1 is 1.38 bits per heavy atom. The van der Waals surface area contributed by atoms with Crippen LogP contribution in [0.3, 0.4) is 0 Å². The van der Waals surface area contributed by atoms with Gasteiger partial charge in [-0.1, -0.05) is 47.7 Å². The van der Waals surface area contributed by atoms with E-state index < -0.39 is 5.92 Å². The molecule has 1 aromatic carbocycles. The van der Waals surface area contributed by atoms with E-state index in [1.54, 1.807) is 0 Å². The van der Waals surface area contributed by atoms with Gasteiger partial charge in [0.05, 0.1) is 10.7 Å². The van der Waals surface area contributed by atoms with Crippen molar-refractivity contribution in [1.29, 1.82) is 0 Å². The molecule has 1 unspecified atom stereocenters. The number of aromatic nitrogens is 1. The van der Waals surface area contributed by atoms with Gasteiger partial charge in [0, 0.05) is 12.1 Å². The summed E-state index contributed by atoms with van der Waals surface area (Å²) in [7, 11) is 0. The van der Waals surface area contributed by atoms with Gasteiger partial charge in [-0.3, -0.25) is 4.79 Å². The molecule has 6 heteroatoms. The minimum absolute atomic E-state index is 0.150. The van der Waals surface area contributed by atoms with Crippen LogP contribution in [0.15, 0.2) is 34.9 Å². The molecule has 0 bridgehead atoms. The normalized spacial score (nSPS) is 11.9. The zero-order valence-electron chi connectivity index (χ0n) is 11.9. The summed E-state index contributed by atoms with van der Waals surface area (Å²) in [5, 5.41) is 6.70. The Balaban J connectivity index is 2.12. The molecular weight excluding hydrogens is 286 g/mol. The third-order valence-corrected chi connectivity index (χ3v) is 3.54. The highest BCUT2D eigenvalue weighted by Gasteiger charge is 2.23. The molecule has 1 atom stereocenters. The van der Waals surface area contributed by atoms with Crippen molar-refractivity contribution in [2.24, 2.45) is 5.73 Å². The lowest BCUT2D eigenvalue weighted by molar-refractivity contribution is -0.121. The van der Waals surface area contributed by atoms with E-state index in [9.17, 15) is 4.79 Å². The van der Waals surface area contributed by atoms with Gasteiger partial charge in [-0.15, -0.1) is 0 Å². The lowest BCUT2D eigenvalue weighted by atomic mass is 9.98. The highest BCUT2D eigenvalue weighted by Crippen LogP contribution is 2.17. The van der Waals surface area contributed by atoms with Crippen LogP contribution in [0.25, 0.3) is 0 Å². The highest BCUT2D eigenvalue weighted by molar-refractivity contribution is 7.80. The molecule has 0 aliphatic carbocycles. The summed E-state index contributed by atoms with van der Waals surface area (Å²) in [6.07, 6.45) is 0. The maximum atomic E-state index is 12.4. The molecule has 2 aromatic rings. The number of nitrogens with zero attached hydrogens (tertiary/aromatic N) is 1. The van der Waals surface area contributed by atoms with E-state index in [1.165, 1.54) is 0 Å². The third-order valence-electron chi connectivity index (χ3n) is 3.30. The van der Waals surface area contributed by atoms with Gasteiger partial charge in [-0.05, 0) is 19.4 Å². The molecule has 1 amide bonds. The fourth-order valence-corrected chi connectivity index (χ4v) is 2.37. The van der Waals surface area contributed by atoms with Gasteiger partial charge < -0.3 is 15.6 Å². The van der Waals surface area contributed by atoms with E-state index in [2.05, 4.69) is 10.5 Å². The maximum Gasteiger partial charge on any atom is 0.234 e. The molecule has 0 saturated heterocycles. The van der Waals surface area contributed by atoms with Gasteiger partial charge in [0.2, 0.25) is 5.91 Å². The van der Waals surface area contributed by atoms with Crippen molar-refractivity contribution >= 4 is 23.1 Å². The Labute approximate surface area is 128 Å². The van der Waals surface area contributed by atoms with Crippen molar-refractivity contribution in [2.45, 2.75) is 26.3 Å². The summed E-state index contributed by atoms with van der Waals surface area (Å²) in [6.45, 7) is 3.98. The summed E-state index contributed by atoms with van der Waals surface area (Å²) in [5.41, 5.74) is 8.13. The zero-order valence-corrected chi connectivity index (χ0v) is 12.7. The molecule has 0 fully saturated rings. The van der Waals surface area contributed by atoms with E-state index in [4.69, 9.17) is 22.5 Å². The van der Waals surface area contributed by atoms with E-state index >= 15 is 0 Å². The van der Waals surface area contributed by atoms with Crippen molar-refractivity contribution in [1.82, 2.24) is 10.5 Å². The molecular formula is C15H17N3O2S. The van der Waals surface area contributed by atoms with Crippen molar-refractivity contribution in [2.75, 3.05) is 0 Å². The third kappa shape index (κ3) is 3.46. The summed E-state index contributed by atoms with van der Waals surface area (Å²) in [4.78, 5) is 12.5. The first kappa shape index (κ1) is 15.2. The zero-order chi connectivity index (χ0) is 15.4. The number of rotatable bonds is 5. The largest absolute Gasteiger partial charge is 0.392 e. The first-order valence-corrected chi connectivity index (χ1v) is 6.95. The van der Waals surface area contributed by atoms with Crippen LogP contribution in [0.4, 0.5) is 0 Å². The standard InChI is InChI=1S/C15H17N3O2S/c1-9-12(10(2)20-18-9)8-17-15(19)13(14(16)21)11-6-4-3-5-7-11/h3-7,13H,8H2,1-2H3,(H2,16,21)(H,17,19). The summed E-state index contributed by atoms with van der Waals surface area (Å²) < 4.78 is 5.07. The molecule has 0 aliphatic heterocycles. The molecule has 110 valence electrons. The molecule has 21 heavy (non-hydrogen) atoms. The van der Waals surface area contributed by atoms with Crippen LogP contribution in [0.5, 0.6) is 0 Å². The van der Waals surface area contributed by atoms with Crippen LogP contribution in [-0.2, 0) is 11.3 Å². The van der Waals surface area contributed by atoms with E-state index in [0.29, 0.717) is 12.3 Å². The van der Waals surface area contributed by atoms with Crippen LogP contribution >= 0.6 is 12.2 Å². The highest BCUT2D eigenvalue weighted by atomic mass is 32.1. The van der Waals surface area contributed by atoms with Crippen LogP contribution in [0, 0.1) is 13.8 Å². The maximum absolute atomic E-state index is 12.4. The monoisotopic (exact) mass is 303 g/mol. The van der Waals surface area contributed by atoms with Gasteiger partial charge in [-0.2, -0.15) is 0 Å². The van der Waals surface area contributed by atoms with Crippen molar-refractivity contribution in [3.05, 3.63) is 52.9 Å². The van der Waals surface area contributed by atoms with Crippen LogP contribution < -0.4 is 11.1 Å². The second-order valence-electron chi connectivity index (χ2n) is 4.77. The second kappa shape index (κ2) is 6.49. The number of thiocarbonyl (C=S) groups is 1. The molecule has 3 N–H and O–H groups in total. The van der Waals surface area contributed by atoms with E-state index in [0.717, 1.165) is 16.8 Å². The number of carbonyl (C=O) groups is 1. The number of hydrogen-bond acceptors (Lipinski definition) is 4. The predicted octanol–water partition coefficient (Wildman–Crippen LogP) is 1.98. The van der Waals surface area contributed by atoms with E-state index in [1.807, 2.05) is 44.2 Å². The number of benzene rings is 1. The number of carbonyl (C=O) groups excluding carboxylic acids is 1. The van der Waals surface area contributed by atoms with Gasteiger partial charge in [0.1, 0.15) is 11.7 Å². The second-order valence-corrected chi connectivity index (χ2v) is 5.24. The average molecular weight is 303 g/mol. The number of aryl methyl sites for hydroxylation is 2. The number of hydrogen-bond donors (Lipinski definition) is 2. The van der Waals surface area contributed by atoms with Crippen LogP contribution in [0.2, 0.25) is 0 Å². The van der Waals surface area contributed by atoms with Gasteiger partial charge in [0.25, 0.3) is 0 Å². The first-order valence-electron chi connectivity index (χ1n) is 6.54. The SMILES string of the molecule is Cc1noc(C)c1CNC(=O)C(C(N)=S)c1ccccc1. The Morgan fingerprint density at radius 3 is 2.57 bits per heavy atom. The molecule has 0 saturated carbocycles. The molecule has 1 heterocycles. The number of nitrogens with one attached hydrogen (secondary N) is 1.